The van der Waals surface area contributed by atoms with Crippen molar-refractivity contribution in [1.29, 1.82) is 0 Å². The summed E-state index contributed by atoms with van der Waals surface area (Å²) in [5, 5.41) is 0. The van der Waals surface area contributed by atoms with Crippen molar-refractivity contribution in [1.82, 2.24) is 4.98 Å². The van der Waals surface area contributed by atoms with Crippen molar-refractivity contribution in [3.8, 4) is 5.75 Å². The third-order valence-electron chi connectivity index (χ3n) is 5.18. The van der Waals surface area contributed by atoms with E-state index < -0.39 is 17.8 Å². The number of ether oxygens (including phenoxy) is 1. The second-order valence-electron chi connectivity index (χ2n) is 7.00. The number of alkyl halides is 2. The molecule has 2 heterocycles. The topological polar surface area (TPSA) is 34.5 Å². The van der Waals surface area contributed by atoms with E-state index in [1.807, 2.05) is 0 Å². The van der Waals surface area contributed by atoms with Crippen LogP contribution < -0.4 is 4.74 Å². The zero-order chi connectivity index (χ0) is 18.3. The number of aryl methyl sites for hydroxylation is 1. The lowest BCUT2D eigenvalue weighted by molar-refractivity contribution is 0.0825. The Morgan fingerprint density at radius 2 is 1.96 bits per heavy atom. The lowest BCUT2D eigenvalue weighted by atomic mass is 10.0. The minimum atomic E-state index is -2.63. The van der Waals surface area contributed by atoms with Crippen LogP contribution in [-0.2, 0) is 0 Å². The number of rotatable bonds is 2. The third-order valence-corrected chi connectivity index (χ3v) is 5.18. The maximum atomic E-state index is 14.5. The molecule has 6 heteroatoms. The number of fused-ring (bicyclic) bond motifs is 1. The van der Waals surface area contributed by atoms with Crippen LogP contribution in [0, 0.1) is 12.7 Å². The first-order valence-corrected chi connectivity index (χ1v) is 8.76. The van der Waals surface area contributed by atoms with Crippen LogP contribution in [0.15, 0.2) is 35.5 Å². The molecule has 0 N–H and O–H groups in total. The zero-order valence-electron chi connectivity index (χ0n) is 14.4. The molecule has 136 valence electrons. The lowest BCUT2D eigenvalue weighted by Gasteiger charge is -2.27. The lowest BCUT2D eigenvalue weighted by Crippen LogP contribution is -2.35. The minimum absolute atomic E-state index is 0.196. The van der Waals surface area contributed by atoms with Gasteiger partial charge in [-0.1, -0.05) is 6.07 Å². The summed E-state index contributed by atoms with van der Waals surface area (Å²) < 4.78 is 46.7. The molecule has 1 spiro atoms. The molecule has 1 aromatic heterocycles. The van der Waals surface area contributed by atoms with Gasteiger partial charge in [-0.3, -0.25) is 9.98 Å². The molecule has 2 aliphatic rings. The summed E-state index contributed by atoms with van der Waals surface area (Å²) >= 11 is 0. The van der Waals surface area contributed by atoms with Crippen molar-refractivity contribution in [2.24, 2.45) is 4.99 Å². The summed E-state index contributed by atoms with van der Waals surface area (Å²) in [7, 11) is 0. The highest BCUT2D eigenvalue weighted by Crippen LogP contribution is 2.40. The van der Waals surface area contributed by atoms with E-state index in [-0.39, 0.29) is 11.4 Å². The van der Waals surface area contributed by atoms with Gasteiger partial charge in [0.05, 0.1) is 12.3 Å². The highest BCUT2D eigenvalue weighted by molar-refractivity contribution is 6.14. The number of pyridine rings is 1. The standard InChI is InChI=1S/C20H19F3N2O/c1-12-9-13(10-24-16(12)19(22)23)17-14-5-4-6-15(21)18(14)26-20(11-25-17)7-2-3-8-20/h4-6,9-10,19H,2-3,7-8,11H2,1H3. The molecule has 0 radical (unpaired) electrons. The molecule has 4 rings (SSSR count). The summed E-state index contributed by atoms with van der Waals surface area (Å²) in [4.78, 5) is 8.63. The van der Waals surface area contributed by atoms with E-state index in [1.165, 1.54) is 12.3 Å². The highest BCUT2D eigenvalue weighted by atomic mass is 19.3. The molecule has 1 aliphatic carbocycles. The summed E-state index contributed by atoms with van der Waals surface area (Å²) in [6, 6.07) is 6.36. The zero-order valence-corrected chi connectivity index (χ0v) is 14.4. The molecule has 1 aromatic carbocycles. The first kappa shape index (κ1) is 17.1. The van der Waals surface area contributed by atoms with Crippen LogP contribution in [0.4, 0.5) is 13.2 Å². The third kappa shape index (κ3) is 2.87. The van der Waals surface area contributed by atoms with Gasteiger partial charge >= 0.3 is 0 Å². The molecule has 26 heavy (non-hydrogen) atoms. The molecular formula is C20H19F3N2O. The average Bonchev–Trinajstić information content (AvgIpc) is 2.98. The normalized spacial score (nSPS) is 18.4. The van der Waals surface area contributed by atoms with Gasteiger partial charge in [0.15, 0.2) is 11.6 Å². The molecule has 1 fully saturated rings. The van der Waals surface area contributed by atoms with E-state index in [4.69, 9.17) is 9.73 Å². The number of nitrogens with zero attached hydrogens (tertiary/aromatic N) is 2. The summed E-state index contributed by atoms with van der Waals surface area (Å²) in [5.41, 5.74) is 1.34. The second-order valence-corrected chi connectivity index (χ2v) is 7.00. The monoisotopic (exact) mass is 360 g/mol. The van der Waals surface area contributed by atoms with Crippen molar-refractivity contribution in [3.05, 3.63) is 58.7 Å². The minimum Gasteiger partial charge on any atom is -0.482 e. The molecule has 1 aliphatic heterocycles. The van der Waals surface area contributed by atoms with Crippen LogP contribution >= 0.6 is 0 Å². The number of benzene rings is 1. The Hall–Kier alpha value is -2.37. The van der Waals surface area contributed by atoms with Crippen molar-refractivity contribution >= 4 is 5.71 Å². The van der Waals surface area contributed by atoms with E-state index in [9.17, 15) is 13.2 Å². The first-order chi connectivity index (χ1) is 12.5. The van der Waals surface area contributed by atoms with Crippen LogP contribution in [-0.4, -0.2) is 22.8 Å². The molecule has 3 nitrogen and oxygen atoms in total. The van der Waals surface area contributed by atoms with Gasteiger partial charge in [0.1, 0.15) is 11.3 Å². The number of halogens is 3. The van der Waals surface area contributed by atoms with Crippen molar-refractivity contribution < 1.29 is 17.9 Å². The SMILES string of the molecule is Cc1cc(C2=NCC3(CCCC3)Oc3c(F)cccc32)cnc1C(F)F. The number of aromatic nitrogens is 1. The average molecular weight is 360 g/mol. The fraction of sp³-hybridized carbons (Fsp3) is 0.400. The highest BCUT2D eigenvalue weighted by Gasteiger charge is 2.39. The fourth-order valence-corrected chi connectivity index (χ4v) is 3.83. The molecule has 2 aromatic rings. The molecule has 1 saturated carbocycles. The van der Waals surface area contributed by atoms with E-state index in [2.05, 4.69) is 4.98 Å². The first-order valence-electron chi connectivity index (χ1n) is 8.76. The Morgan fingerprint density at radius 1 is 1.19 bits per heavy atom. The molecular weight excluding hydrogens is 341 g/mol. The second kappa shape index (κ2) is 6.41. The van der Waals surface area contributed by atoms with E-state index in [1.54, 1.807) is 25.1 Å². The predicted molar refractivity (Wildman–Crippen MR) is 92.7 cm³/mol. The summed E-state index contributed by atoms with van der Waals surface area (Å²) in [6.45, 7) is 2.02. The van der Waals surface area contributed by atoms with Gasteiger partial charge in [-0.05, 0) is 56.4 Å². The quantitative estimate of drug-likeness (QED) is 0.754. The van der Waals surface area contributed by atoms with Gasteiger partial charge in [-0.25, -0.2) is 13.2 Å². The maximum absolute atomic E-state index is 14.5. The van der Waals surface area contributed by atoms with Gasteiger partial charge < -0.3 is 4.74 Å². The molecule has 0 unspecified atom stereocenters. The number of hydrogen-bond donors (Lipinski definition) is 0. The van der Waals surface area contributed by atoms with Crippen molar-refractivity contribution in [2.45, 2.75) is 44.6 Å². The van der Waals surface area contributed by atoms with Crippen LogP contribution in [0.2, 0.25) is 0 Å². The summed E-state index contributed by atoms with van der Waals surface area (Å²) in [6.07, 6.45) is 2.47. The van der Waals surface area contributed by atoms with Gasteiger partial charge in [0.2, 0.25) is 0 Å². The Bertz CT molecular complexity index is 873. The number of hydrogen-bond acceptors (Lipinski definition) is 3. The van der Waals surface area contributed by atoms with E-state index in [0.717, 1.165) is 25.7 Å². The maximum Gasteiger partial charge on any atom is 0.280 e. The van der Waals surface area contributed by atoms with E-state index in [0.29, 0.717) is 28.9 Å². The van der Waals surface area contributed by atoms with Gasteiger partial charge in [0.25, 0.3) is 6.43 Å². The van der Waals surface area contributed by atoms with Gasteiger partial charge in [-0.2, -0.15) is 0 Å². The number of para-hydroxylation sites is 1. The number of aliphatic imine (C=N–C) groups is 1. The van der Waals surface area contributed by atoms with Crippen LogP contribution in [0.1, 0.15) is 54.5 Å². The molecule has 0 bridgehead atoms. The molecule has 0 atom stereocenters. The van der Waals surface area contributed by atoms with Gasteiger partial charge in [-0.15, -0.1) is 0 Å². The smallest absolute Gasteiger partial charge is 0.280 e. The Balaban J connectivity index is 1.84. The summed E-state index contributed by atoms with van der Waals surface area (Å²) in [5.74, 6) is -0.238. The van der Waals surface area contributed by atoms with Crippen LogP contribution in [0.3, 0.4) is 0 Å². The predicted octanol–water partition coefficient (Wildman–Crippen LogP) is 5.01. The molecule has 0 amide bonds. The fourth-order valence-electron chi connectivity index (χ4n) is 3.83. The largest absolute Gasteiger partial charge is 0.482 e. The van der Waals surface area contributed by atoms with Crippen molar-refractivity contribution in [3.63, 3.8) is 0 Å². The van der Waals surface area contributed by atoms with Crippen molar-refractivity contribution in [2.75, 3.05) is 6.54 Å². The van der Waals surface area contributed by atoms with Crippen LogP contribution in [0.5, 0.6) is 5.75 Å². The van der Waals surface area contributed by atoms with Crippen LogP contribution in [0.25, 0.3) is 0 Å². The Kier molecular flexibility index (Phi) is 4.21. The Labute approximate surface area is 149 Å². The van der Waals surface area contributed by atoms with E-state index >= 15 is 0 Å². The van der Waals surface area contributed by atoms with Gasteiger partial charge in [0, 0.05) is 17.3 Å². The Morgan fingerprint density at radius 3 is 2.65 bits per heavy atom. The molecule has 0 saturated heterocycles.